The van der Waals surface area contributed by atoms with Crippen LogP contribution in [0.15, 0.2) is 17.6 Å². The van der Waals surface area contributed by atoms with Gasteiger partial charge in [-0.3, -0.25) is 4.68 Å². The average Bonchev–Trinajstić information content (AvgIpc) is 3.11. The van der Waals surface area contributed by atoms with Gasteiger partial charge >= 0.3 is 0 Å². The van der Waals surface area contributed by atoms with Crippen LogP contribution in [0, 0.1) is 0 Å². The number of aliphatic hydroxyl groups excluding tert-OH is 1. The van der Waals surface area contributed by atoms with Crippen LogP contribution in [0.25, 0.3) is 0 Å². The minimum atomic E-state index is -0.555. The Morgan fingerprint density at radius 2 is 2.45 bits per heavy atom. The fourth-order valence-corrected chi connectivity index (χ4v) is 4.12. The van der Waals surface area contributed by atoms with Gasteiger partial charge in [0.1, 0.15) is 11.8 Å². The maximum Gasteiger partial charge on any atom is 0.162 e. The Kier molecular flexibility index (Phi) is 3.81. The van der Waals surface area contributed by atoms with Gasteiger partial charge in [0, 0.05) is 17.3 Å². The van der Waals surface area contributed by atoms with Crippen LogP contribution in [0.2, 0.25) is 0 Å². The fraction of sp³-hybridized carbons (Fsp3) is 0.533. The number of ether oxygens (including phenoxy) is 1. The molecule has 0 aromatic carbocycles. The quantitative estimate of drug-likeness (QED) is 0.942. The van der Waals surface area contributed by atoms with Gasteiger partial charge in [0.25, 0.3) is 0 Å². The molecule has 0 radical (unpaired) electrons. The maximum atomic E-state index is 10.9. The minimum absolute atomic E-state index is 0.154. The Balaban J connectivity index is 1.98. The third kappa shape index (κ3) is 2.15. The van der Waals surface area contributed by atoms with Gasteiger partial charge in [-0.2, -0.15) is 5.10 Å². The highest BCUT2D eigenvalue weighted by molar-refractivity contribution is 7.10. The van der Waals surface area contributed by atoms with Crippen molar-refractivity contribution in [3.05, 3.63) is 33.8 Å². The number of hydrogen-bond acceptors (Lipinski definition) is 4. The number of methoxy groups -OCH3 is 1. The summed E-state index contributed by atoms with van der Waals surface area (Å²) in [5, 5.41) is 17.3. The highest BCUT2D eigenvalue weighted by Crippen LogP contribution is 2.44. The van der Waals surface area contributed by atoms with Crippen molar-refractivity contribution in [2.45, 2.75) is 44.8 Å². The Labute approximate surface area is 123 Å². The van der Waals surface area contributed by atoms with Crippen LogP contribution in [-0.4, -0.2) is 22.0 Å². The molecule has 2 unspecified atom stereocenters. The van der Waals surface area contributed by atoms with Crippen LogP contribution in [0.5, 0.6) is 5.75 Å². The average molecular weight is 292 g/mol. The smallest absolute Gasteiger partial charge is 0.162 e. The number of nitrogens with zero attached hydrogens (tertiary/aromatic N) is 2. The maximum absolute atomic E-state index is 10.9. The predicted molar refractivity (Wildman–Crippen MR) is 79.4 cm³/mol. The first-order valence-corrected chi connectivity index (χ1v) is 7.98. The number of rotatable bonds is 4. The van der Waals surface area contributed by atoms with Crippen molar-refractivity contribution >= 4 is 11.3 Å². The third-order valence-corrected chi connectivity index (χ3v) is 5.12. The molecule has 20 heavy (non-hydrogen) atoms. The summed E-state index contributed by atoms with van der Waals surface area (Å²) < 4.78 is 7.21. The van der Waals surface area contributed by atoms with E-state index >= 15 is 0 Å². The molecule has 1 N–H and O–H groups in total. The molecule has 1 aliphatic carbocycles. The summed E-state index contributed by atoms with van der Waals surface area (Å²) in [5.41, 5.74) is 2.11. The van der Waals surface area contributed by atoms with Gasteiger partial charge in [0.15, 0.2) is 5.75 Å². The molecule has 1 aliphatic rings. The van der Waals surface area contributed by atoms with Gasteiger partial charge in [0.2, 0.25) is 0 Å². The molecule has 0 fully saturated rings. The lowest BCUT2D eigenvalue weighted by molar-refractivity contribution is 0.123. The Bertz CT molecular complexity index is 569. The summed E-state index contributed by atoms with van der Waals surface area (Å²) in [5.74, 6) is 0.836. The number of aliphatic hydroxyl groups is 1. The first-order valence-electron chi connectivity index (χ1n) is 7.10. The molecular weight excluding hydrogens is 272 g/mol. The molecule has 2 aromatic heterocycles. The summed E-state index contributed by atoms with van der Waals surface area (Å²) in [6, 6.07) is 2.16. The molecule has 5 heteroatoms. The van der Waals surface area contributed by atoms with E-state index in [-0.39, 0.29) is 5.92 Å². The predicted octanol–water partition coefficient (Wildman–Crippen LogP) is 3.13. The lowest BCUT2D eigenvalue weighted by Gasteiger charge is -2.28. The van der Waals surface area contributed by atoms with Crippen molar-refractivity contribution < 1.29 is 9.84 Å². The highest BCUT2D eigenvalue weighted by atomic mass is 32.1. The second-order valence-electron chi connectivity index (χ2n) is 5.16. The minimum Gasteiger partial charge on any atom is -0.493 e. The van der Waals surface area contributed by atoms with Crippen molar-refractivity contribution in [1.82, 2.24) is 9.78 Å². The molecule has 0 saturated heterocycles. The normalized spacial score (nSPS) is 19.6. The molecule has 0 bridgehead atoms. The fourth-order valence-electron chi connectivity index (χ4n) is 3.13. The first kappa shape index (κ1) is 13.6. The van der Waals surface area contributed by atoms with Gasteiger partial charge in [-0.1, -0.05) is 0 Å². The second kappa shape index (κ2) is 5.58. The van der Waals surface area contributed by atoms with E-state index in [1.54, 1.807) is 24.6 Å². The van der Waals surface area contributed by atoms with Gasteiger partial charge in [-0.05, 0) is 43.2 Å². The van der Waals surface area contributed by atoms with E-state index in [1.165, 1.54) is 10.4 Å². The number of hydrogen-bond donors (Lipinski definition) is 1. The molecule has 0 aliphatic heterocycles. The Morgan fingerprint density at radius 3 is 3.20 bits per heavy atom. The van der Waals surface area contributed by atoms with Crippen LogP contribution in [0.1, 0.15) is 47.9 Å². The van der Waals surface area contributed by atoms with Crippen LogP contribution in [0.4, 0.5) is 0 Å². The first-order chi connectivity index (χ1) is 9.76. The molecule has 0 spiro atoms. The third-order valence-electron chi connectivity index (χ3n) is 4.12. The molecule has 3 rings (SSSR count). The van der Waals surface area contributed by atoms with Crippen molar-refractivity contribution in [1.29, 1.82) is 0 Å². The monoisotopic (exact) mass is 292 g/mol. The van der Waals surface area contributed by atoms with E-state index in [0.717, 1.165) is 31.5 Å². The largest absolute Gasteiger partial charge is 0.493 e. The summed E-state index contributed by atoms with van der Waals surface area (Å²) in [4.78, 5) is 1.42. The van der Waals surface area contributed by atoms with E-state index in [1.807, 2.05) is 11.6 Å². The van der Waals surface area contributed by atoms with E-state index < -0.39 is 6.10 Å². The lowest BCUT2D eigenvalue weighted by Crippen LogP contribution is -2.19. The van der Waals surface area contributed by atoms with Crippen LogP contribution in [-0.2, 0) is 13.0 Å². The van der Waals surface area contributed by atoms with Crippen molar-refractivity contribution in [3.8, 4) is 5.75 Å². The lowest BCUT2D eigenvalue weighted by atomic mass is 9.82. The molecule has 0 saturated carbocycles. The van der Waals surface area contributed by atoms with Gasteiger partial charge in [-0.25, -0.2) is 0 Å². The Morgan fingerprint density at radius 1 is 1.60 bits per heavy atom. The van der Waals surface area contributed by atoms with Crippen molar-refractivity contribution in [2.75, 3.05) is 7.11 Å². The van der Waals surface area contributed by atoms with E-state index in [2.05, 4.69) is 16.5 Å². The summed E-state index contributed by atoms with van der Waals surface area (Å²) in [6.45, 7) is 2.76. The van der Waals surface area contributed by atoms with Gasteiger partial charge in [-0.15, -0.1) is 11.3 Å². The topological polar surface area (TPSA) is 47.3 Å². The zero-order valence-corrected chi connectivity index (χ0v) is 12.7. The zero-order chi connectivity index (χ0) is 14.1. The summed E-state index contributed by atoms with van der Waals surface area (Å²) in [7, 11) is 1.63. The van der Waals surface area contributed by atoms with E-state index in [9.17, 15) is 5.11 Å². The standard InChI is InChI=1S/C15H20N2O2S/c1-3-17-14(12(19-2)9-16-17)15(18)11-5-4-6-13-10(11)7-8-20-13/h7-9,11,15,18H,3-6H2,1-2H3. The van der Waals surface area contributed by atoms with Crippen molar-refractivity contribution in [3.63, 3.8) is 0 Å². The number of aromatic nitrogens is 2. The van der Waals surface area contributed by atoms with Crippen LogP contribution >= 0.6 is 11.3 Å². The molecular formula is C15H20N2O2S. The molecule has 108 valence electrons. The van der Waals surface area contributed by atoms with Crippen LogP contribution < -0.4 is 4.74 Å². The molecule has 4 nitrogen and oxygen atoms in total. The summed E-state index contributed by atoms with van der Waals surface area (Å²) in [6.07, 6.45) is 4.43. The Hall–Kier alpha value is -1.33. The van der Waals surface area contributed by atoms with E-state index in [0.29, 0.717) is 5.75 Å². The second-order valence-corrected chi connectivity index (χ2v) is 6.16. The number of thiophene rings is 1. The van der Waals surface area contributed by atoms with Crippen molar-refractivity contribution in [2.24, 2.45) is 0 Å². The molecule has 2 heterocycles. The van der Waals surface area contributed by atoms with E-state index in [4.69, 9.17) is 4.74 Å². The highest BCUT2D eigenvalue weighted by Gasteiger charge is 2.32. The number of aryl methyl sites for hydroxylation is 2. The number of fused-ring (bicyclic) bond motifs is 1. The SMILES string of the molecule is CCn1ncc(OC)c1C(O)C1CCCc2sccc21. The molecule has 2 aromatic rings. The molecule has 0 amide bonds. The van der Waals surface area contributed by atoms with Crippen LogP contribution in [0.3, 0.4) is 0 Å². The zero-order valence-electron chi connectivity index (χ0n) is 11.9. The molecule has 2 atom stereocenters. The van der Waals surface area contributed by atoms with Gasteiger partial charge < -0.3 is 9.84 Å². The summed E-state index contributed by atoms with van der Waals surface area (Å²) >= 11 is 1.80. The van der Waals surface area contributed by atoms with Gasteiger partial charge in [0.05, 0.1) is 13.3 Å².